The van der Waals surface area contributed by atoms with Crippen molar-refractivity contribution in [1.29, 1.82) is 0 Å². The minimum atomic E-state index is 0. The summed E-state index contributed by atoms with van der Waals surface area (Å²) in [5, 5.41) is 2.18. The number of likely N-dealkylation sites (N-methyl/N-ethyl adjacent to an activating group) is 1. The first-order valence-corrected chi connectivity index (χ1v) is 8.22. The van der Waals surface area contributed by atoms with Crippen LogP contribution < -0.4 is 21.5 Å². The second-order valence-corrected chi connectivity index (χ2v) is 6.41. The number of carbonyl (C=O) groups excluding carboxylic acids is 2. The monoisotopic (exact) mass is 412 g/mol. The first-order chi connectivity index (χ1) is 12.0. The van der Waals surface area contributed by atoms with E-state index in [1.807, 2.05) is 61.5 Å². The Morgan fingerprint density at radius 1 is 0.846 bits per heavy atom. The smallest absolute Gasteiger partial charge is 0.227 e. The number of nitrogens with zero attached hydrogens (tertiary/aromatic N) is 2. The Bertz CT molecular complexity index is 921. The lowest BCUT2D eigenvalue weighted by Gasteiger charge is -2.07. The summed E-state index contributed by atoms with van der Waals surface area (Å²) in [6.45, 7) is 0.626. The van der Waals surface area contributed by atoms with E-state index in [1.165, 1.54) is 0 Å². The van der Waals surface area contributed by atoms with Crippen LogP contribution in [0.2, 0.25) is 0 Å². The van der Waals surface area contributed by atoms with E-state index in [4.69, 9.17) is 0 Å². The third-order valence-electron chi connectivity index (χ3n) is 4.07. The highest BCUT2D eigenvalue weighted by Crippen LogP contribution is 2.16. The van der Waals surface area contributed by atoms with Gasteiger partial charge in [0.2, 0.25) is 12.3 Å². The largest absolute Gasteiger partial charge is 1.00 e. The molecule has 0 aliphatic rings. The van der Waals surface area contributed by atoms with Crippen molar-refractivity contribution in [2.24, 2.45) is 0 Å². The third-order valence-corrected chi connectivity index (χ3v) is 4.07. The molecule has 134 valence electrons. The van der Waals surface area contributed by atoms with E-state index in [9.17, 15) is 9.59 Å². The lowest BCUT2D eigenvalue weighted by molar-refractivity contribution is -0.683. The minimum Gasteiger partial charge on any atom is -1.00 e. The number of pyridine rings is 1. The molecular weight excluding hydrogens is 392 g/mol. The number of halogens is 1. The average Bonchev–Trinajstić information content (AvgIpc) is 2.61. The van der Waals surface area contributed by atoms with Gasteiger partial charge in [0.1, 0.15) is 0 Å². The van der Waals surface area contributed by atoms with Crippen molar-refractivity contribution in [3.8, 4) is 0 Å². The Hall–Kier alpha value is -2.37. The van der Waals surface area contributed by atoms with Gasteiger partial charge in [0, 0.05) is 23.3 Å². The maximum atomic E-state index is 12.5. The Balaban J connectivity index is 0.00000243. The molecule has 0 N–H and O–H groups in total. The van der Waals surface area contributed by atoms with Crippen LogP contribution in [0, 0.1) is 0 Å². The molecule has 5 heteroatoms. The maximum absolute atomic E-state index is 12.5. The maximum Gasteiger partial charge on any atom is 0.227 e. The van der Waals surface area contributed by atoms with Crippen LogP contribution >= 0.6 is 0 Å². The summed E-state index contributed by atoms with van der Waals surface area (Å²) in [5.41, 5.74) is 1.35. The van der Waals surface area contributed by atoms with Gasteiger partial charge in [-0.3, -0.25) is 9.59 Å². The Morgan fingerprint density at radius 2 is 1.50 bits per heavy atom. The summed E-state index contributed by atoms with van der Waals surface area (Å²) in [7, 11) is 3.73. The van der Waals surface area contributed by atoms with Gasteiger partial charge in [-0.1, -0.05) is 36.4 Å². The lowest BCUT2D eigenvalue weighted by Crippen LogP contribution is -3.00. The minimum absolute atomic E-state index is 0. The molecule has 0 spiro atoms. The normalized spacial score (nSPS) is 10.6. The van der Waals surface area contributed by atoms with Crippen molar-refractivity contribution in [3.05, 3.63) is 78.1 Å². The second-order valence-electron chi connectivity index (χ2n) is 6.41. The molecule has 0 saturated heterocycles. The molecule has 3 aromatic rings. The number of rotatable bonds is 6. The van der Waals surface area contributed by atoms with Crippen molar-refractivity contribution in [2.45, 2.75) is 6.54 Å². The van der Waals surface area contributed by atoms with Crippen LogP contribution in [0.15, 0.2) is 67.0 Å². The topological polar surface area (TPSA) is 41.3 Å². The van der Waals surface area contributed by atoms with Gasteiger partial charge in [0.25, 0.3) is 0 Å². The van der Waals surface area contributed by atoms with Gasteiger partial charge in [-0.15, -0.1) is 0 Å². The van der Waals surface area contributed by atoms with Crippen molar-refractivity contribution in [2.75, 3.05) is 20.6 Å². The van der Waals surface area contributed by atoms with Gasteiger partial charge in [0.05, 0.1) is 6.54 Å². The summed E-state index contributed by atoms with van der Waals surface area (Å²) in [6, 6.07) is 17.3. The van der Waals surface area contributed by atoms with E-state index < -0.39 is 0 Å². The second kappa shape index (κ2) is 8.83. The molecule has 0 atom stereocenters. The Kier molecular flexibility index (Phi) is 6.77. The molecule has 1 heterocycles. The fraction of sp³-hybridized carbons (Fsp3) is 0.190. The highest BCUT2D eigenvalue weighted by Gasteiger charge is 2.14. The first-order valence-electron chi connectivity index (χ1n) is 8.22. The van der Waals surface area contributed by atoms with E-state index >= 15 is 0 Å². The number of aromatic nitrogens is 1. The number of benzene rings is 2. The van der Waals surface area contributed by atoms with Crippen molar-refractivity contribution >= 4 is 22.3 Å². The van der Waals surface area contributed by atoms with E-state index in [0.29, 0.717) is 17.7 Å². The van der Waals surface area contributed by atoms with Crippen LogP contribution in [0.3, 0.4) is 0 Å². The zero-order chi connectivity index (χ0) is 17.8. The summed E-state index contributed by atoms with van der Waals surface area (Å²) in [6.07, 6.45) is 3.56. The number of ketones is 2. The highest BCUT2D eigenvalue weighted by molar-refractivity contribution is 5.99. The standard InChI is InChI=1S/C21H21N2O2.BrH/c1-22(2)14-20(24)17-9-11-23(12-10-17)15-21(25)19-8-7-16-5-3-4-6-18(16)13-19;/h3-13H,14-15H2,1-2H3;1H/q+1;/p-1. The molecule has 0 bridgehead atoms. The third kappa shape index (κ3) is 4.84. The molecule has 0 unspecified atom stereocenters. The van der Waals surface area contributed by atoms with E-state index in [-0.39, 0.29) is 35.1 Å². The lowest BCUT2D eigenvalue weighted by atomic mass is 10.0. The molecule has 0 fully saturated rings. The van der Waals surface area contributed by atoms with Gasteiger partial charge in [-0.05, 0) is 30.9 Å². The van der Waals surface area contributed by atoms with Gasteiger partial charge in [-0.25, -0.2) is 0 Å². The molecule has 0 radical (unpaired) electrons. The van der Waals surface area contributed by atoms with E-state index in [2.05, 4.69) is 0 Å². The fourth-order valence-electron chi connectivity index (χ4n) is 2.75. The van der Waals surface area contributed by atoms with Crippen LogP contribution in [0.4, 0.5) is 0 Å². The summed E-state index contributed by atoms with van der Waals surface area (Å²) >= 11 is 0. The zero-order valence-electron chi connectivity index (χ0n) is 14.9. The number of carbonyl (C=O) groups is 2. The quantitative estimate of drug-likeness (QED) is 0.414. The molecule has 2 aromatic carbocycles. The molecule has 0 aliphatic heterocycles. The van der Waals surface area contributed by atoms with Gasteiger partial charge in [0.15, 0.2) is 18.2 Å². The SMILES string of the molecule is CN(C)CC(=O)c1cc[n+](CC(=O)c2ccc3ccccc3c2)cc1.[Br-]. The summed E-state index contributed by atoms with van der Waals surface area (Å²) in [4.78, 5) is 26.4. The summed E-state index contributed by atoms with van der Waals surface area (Å²) in [5.74, 6) is 0.112. The van der Waals surface area contributed by atoms with Crippen molar-refractivity contribution in [1.82, 2.24) is 4.90 Å². The molecule has 3 rings (SSSR count). The van der Waals surface area contributed by atoms with Crippen LogP contribution in [0.1, 0.15) is 20.7 Å². The highest BCUT2D eigenvalue weighted by atomic mass is 79.9. The molecule has 0 aliphatic carbocycles. The van der Waals surface area contributed by atoms with E-state index in [1.54, 1.807) is 29.1 Å². The predicted octanol–water partition coefficient (Wildman–Crippen LogP) is -0.241. The predicted molar refractivity (Wildman–Crippen MR) is 97.8 cm³/mol. The fourth-order valence-corrected chi connectivity index (χ4v) is 2.75. The van der Waals surface area contributed by atoms with Gasteiger partial charge >= 0.3 is 0 Å². The number of fused-ring (bicyclic) bond motifs is 1. The van der Waals surface area contributed by atoms with Gasteiger partial charge in [-0.2, -0.15) is 4.57 Å². The molecule has 0 amide bonds. The van der Waals surface area contributed by atoms with Crippen LogP contribution in [0.5, 0.6) is 0 Å². The average molecular weight is 413 g/mol. The molecule has 1 aromatic heterocycles. The first kappa shape index (κ1) is 19.9. The zero-order valence-corrected chi connectivity index (χ0v) is 16.4. The van der Waals surface area contributed by atoms with Crippen LogP contribution in [-0.4, -0.2) is 37.1 Å². The van der Waals surface area contributed by atoms with Crippen molar-refractivity contribution in [3.63, 3.8) is 0 Å². The van der Waals surface area contributed by atoms with Crippen LogP contribution in [0.25, 0.3) is 10.8 Å². The number of Topliss-reactive ketones (excluding diaryl/α,β-unsaturated/α-hetero) is 2. The van der Waals surface area contributed by atoms with Crippen LogP contribution in [-0.2, 0) is 6.54 Å². The summed E-state index contributed by atoms with van der Waals surface area (Å²) < 4.78 is 1.80. The molecule has 0 saturated carbocycles. The Labute approximate surface area is 163 Å². The molecular formula is C21H21BrN2O2. The molecule has 26 heavy (non-hydrogen) atoms. The van der Waals surface area contributed by atoms with Crippen molar-refractivity contribution < 1.29 is 31.1 Å². The number of hydrogen-bond acceptors (Lipinski definition) is 3. The van der Waals surface area contributed by atoms with Gasteiger partial charge < -0.3 is 21.9 Å². The number of hydrogen-bond donors (Lipinski definition) is 0. The molecule has 4 nitrogen and oxygen atoms in total. The van der Waals surface area contributed by atoms with E-state index in [0.717, 1.165) is 10.8 Å². The Morgan fingerprint density at radius 3 is 2.15 bits per heavy atom.